The van der Waals surface area contributed by atoms with Gasteiger partial charge in [0.1, 0.15) is 0 Å². The Morgan fingerprint density at radius 3 is 1.35 bits per heavy atom. The Balaban J connectivity index is 0.956. The molecule has 378 valence electrons. The summed E-state index contributed by atoms with van der Waals surface area (Å²) in [4.78, 5) is 4.97. The minimum Gasteiger partial charge on any atom is -0.310 e. The van der Waals surface area contributed by atoms with Crippen LogP contribution in [0.3, 0.4) is 0 Å². The van der Waals surface area contributed by atoms with Gasteiger partial charge in [-0.3, -0.25) is 0 Å². The molecule has 13 rings (SSSR count). The molecule has 0 unspecified atom stereocenters. The zero-order valence-corrected chi connectivity index (χ0v) is 45.8. The van der Waals surface area contributed by atoms with E-state index in [-0.39, 0.29) is 16.2 Å². The van der Waals surface area contributed by atoms with Crippen molar-refractivity contribution in [1.29, 1.82) is 0 Å². The van der Waals surface area contributed by atoms with Gasteiger partial charge in [0.25, 0.3) is 0 Å². The number of rotatable bonds is 11. The zero-order chi connectivity index (χ0) is 53.5. The molecule has 78 heavy (non-hydrogen) atoms. The van der Waals surface area contributed by atoms with E-state index in [2.05, 4.69) is 308 Å². The van der Waals surface area contributed by atoms with E-state index in [1.165, 1.54) is 106 Å². The highest BCUT2D eigenvalue weighted by Crippen LogP contribution is 2.60. The van der Waals surface area contributed by atoms with Gasteiger partial charge in [0.15, 0.2) is 0 Å². The van der Waals surface area contributed by atoms with E-state index in [0.29, 0.717) is 0 Å². The van der Waals surface area contributed by atoms with E-state index in [0.717, 1.165) is 28.4 Å². The molecule has 0 radical (unpaired) electrons. The molecule has 2 nitrogen and oxygen atoms in total. The third-order valence-electron chi connectivity index (χ3n) is 17.4. The van der Waals surface area contributed by atoms with Crippen LogP contribution < -0.4 is 9.80 Å². The van der Waals surface area contributed by atoms with Gasteiger partial charge >= 0.3 is 0 Å². The average Bonchev–Trinajstić information content (AvgIpc) is 3.78. The predicted octanol–water partition coefficient (Wildman–Crippen LogP) is 21.0. The monoisotopic (exact) mass is 1000 g/mol. The molecule has 3 aliphatic carbocycles. The first kappa shape index (κ1) is 48.6. The summed E-state index contributed by atoms with van der Waals surface area (Å²) in [5.74, 6) is 0. The lowest BCUT2D eigenvalue weighted by molar-refractivity contribution is 0.652. The van der Waals surface area contributed by atoms with Crippen molar-refractivity contribution in [1.82, 2.24) is 0 Å². The molecule has 0 spiro atoms. The highest BCUT2D eigenvalue weighted by atomic mass is 15.2. The van der Waals surface area contributed by atoms with Crippen LogP contribution in [0.5, 0.6) is 0 Å². The maximum absolute atomic E-state index is 4.31. The first-order valence-electron chi connectivity index (χ1n) is 27.6. The van der Waals surface area contributed by atoms with Gasteiger partial charge < -0.3 is 9.80 Å². The fourth-order valence-corrected chi connectivity index (χ4v) is 13.3. The largest absolute Gasteiger partial charge is 0.310 e. The summed E-state index contributed by atoms with van der Waals surface area (Å²) in [6.45, 7) is 20.8. The molecule has 0 aliphatic heterocycles. The number of para-hydroxylation sites is 1. The van der Waals surface area contributed by atoms with Crippen LogP contribution in [0.25, 0.3) is 61.2 Å². The van der Waals surface area contributed by atoms with Gasteiger partial charge in [-0.15, -0.1) is 0 Å². The molecule has 2 heteroatoms. The maximum atomic E-state index is 4.31. The Morgan fingerprint density at radius 2 is 0.769 bits per heavy atom. The number of anilines is 6. The third-order valence-corrected chi connectivity index (χ3v) is 17.4. The van der Waals surface area contributed by atoms with E-state index in [9.17, 15) is 0 Å². The minimum absolute atomic E-state index is 0.215. The quantitative estimate of drug-likeness (QED) is 0.127. The van der Waals surface area contributed by atoms with Gasteiger partial charge in [-0.2, -0.15) is 0 Å². The molecule has 0 atom stereocenters. The molecule has 0 heterocycles. The summed E-state index contributed by atoms with van der Waals surface area (Å²) in [6.07, 6.45) is 6.46. The van der Waals surface area contributed by atoms with Crippen molar-refractivity contribution < 1.29 is 0 Å². The van der Waals surface area contributed by atoms with Gasteiger partial charge in [-0.25, -0.2) is 0 Å². The number of benzene rings is 10. The van der Waals surface area contributed by atoms with Crippen LogP contribution in [0.2, 0.25) is 0 Å². The summed E-state index contributed by atoms with van der Waals surface area (Å²) < 4.78 is 0. The lowest BCUT2D eigenvalue weighted by atomic mass is 9.79. The number of allylic oxidation sites excluding steroid dienone is 5. The van der Waals surface area contributed by atoms with Crippen LogP contribution in [-0.4, -0.2) is 0 Å². The molecule has 0 aromatic heterocycles. The topological polar surface area (TPSA) is 6.48 Å². The van der Waals surface area contributed by atoms with Crippen LogP contribution in [0.15, 0.2) is 261 Å². The SMILES string of the molecule is C=CC1=C(/C=C\C)C(C)(C)c2cc(N(c3ccc(-c4ccccc4)cc3)c3cccc4c3-c3cc5c(cc3C4(C)C)-c3ccc(N(c4ccc(-c6ccccc6)cc4)c4ccccc4-c4ccccc4)cc3C5(C)C)ccc21. The van der Waals surface area contributed by atoms with Crippen molar-refractivity contribution in [3.05, 3.63) is 294 Å². The first-order chi connectivity index (χ1) is 37.9. The summed E-state index contributed by atoms with van der Waals surface area (Å²) >= 11 is 0. The van der Waals surface area contributed by atoms with Gasteiger partial charge in [-0.1, -0.05) is 224 Å². The molecule has 0 amide bonds. The predicted molar refractivity (Wildman–Crippen MR) is 332 cm³/mol. The number of fused-ring (bicyclic) bond motifs is 7. The van der Waals surface area contributed by atoms with Crippen molar-refractivity contribution in [2.75, 3.05) is 9.80 Å². The van der Waals surface area contributed by atoms with Crippen LogP contribution >= 0.6 is 0 Å². The highest BCUT2D eigenvalue weighted by molar-refractivity contribution is 5.99. The van der Waals surface area contributed by atoms with Crippen molar-refractivity contribution in [3.8, 4) is 55.6 Å². The number of hydrogen-bond donors (Lipinski definition) is 0. The van der Waals surface area contributed by atoms with E-state index < -0.39 is 0 Å². The smallest absolute Gasteiger partial charge is 0.0543 e. The fraction of sp³-hybridized carbons (Fsp3) is 0.132. The molecular weight excluding hydrogens is 941 g/mol. The molecule has 10 aromatic carbocycles. The van der Waals surface area contributed by atoms with Crippen LogP contribution in [-0.2, 0) is 16.2 Å². The standard InChI is InChI=1S/C76H64N2/c1-9-23-65-59(10-2)61-44-42-58(47-67(61)74(65,3)4)78(56-40-36-53(37-41-56)51-26-16-12-17-27-51)72-33-22-31-66-73(72)64-49-69-63(48-70(64)75(66,5)6)62-45-43-57(46-68(62)76(69,7)8)77(55-38-34-52(35-39-55)50-24-14-11-15-25-50)71-32-21-20-30-60(71)54-28-18-13-19-29-54/h9-49H,2H2,1,3-8H3/b23-9-. The first-order valence-corrected chi connectivity index (χ1v) is 27.6. The van der Waals surface area contributed by atoms with E-state index in [4.69, 9.17) is 0 Å². The minimum atomic E-state index is -0.307. The molecular formula is C76H64N2. The summed E-state index contributed by atoms with van der Waals surface area (Å²) in [5.41, 5.74) is 28.9. The van der Waals surface area contributed by atoms with Gasteiger partial charge in [0.2, 0.25) is 0 Å². The molecule has 3 aliphatic rings. The van der Waals surface area contributed by atoms with Crippen molar-refractivity contribution in [3.63, 3.8) is 0 Å². The second-order valence-corrected chi connectivity index (χ2v) is 22.9. The van der Waals surface area contributed by atoms with E-state index >= 15 is 0 Å². The lowest BCUT2D eigenvalue weighted by Gasteiger charge is -2.31. The molecule has 0 saturated heterocycles. The van der Waals surface area contributed by atoms with Crippen LogP contribution in [0, 0.1) is 0 Å². The summed E-state index contributed by atoms with van der Waals surface area (Å²) in [7, 11) is 0. The summed E-state index contributed by atoms with van der Waals surface area (Å²) in [5, 5.41) is 0. The van der Waals surface area contributed by atoms with Crippen molar-refractivity contribution >= 4 is 39.7 Å². The van der Waals surface area contributed by atoms with E-state index in [1.807, 2.05) is 6.08 Å². The van der Waals surface area contributed by atoms with Crippen molar-refractivity contribution in [2.45, 2.75) is 64.7 Å². The van der Waals surface area contributed by atoms with Crippen molar-refractivity contribution in [2.24, 2.45) is 0 Å². The van der Waals surface area contributed by atoms with Gasteiger partial charge in [-0.05, 0) is 169 Å². The Hall–Kier alpha value is -8.98. The fourth-order valence-electron chi connectivity index (χ4n) is 13.3. The van der Waals surface area contributed by atoms with Gasteiger partial charge in [0.05, 0.1) is 11.4 Å². The van der Waals surface area contributed by atoms with Crippen LogP contribution in [0.4, 0.5) is 34.1 Å². The number of nitrogens with zero attached hydrogens (tertiary/aromatic N) is 2. The lowest BCUT2D eigenvalue weighted by Crippen LogP contribution is -2.18. The zero-order valence-electron chi connectivity index (χ0n) is 45.8. The highest BCUT2D eigenvalue weighted by Gasteiger charge is 2.44. The average molecular weight is 1010 g/mol. The number of hydrogen-bond acceptors (Lipinski definition) is 2. The Labute approximate surface area is 461 Å². The molecule has 0 fully saturated rings. The Morgan fingerprint density at radius 1 is 0.333 bits per heavy atom. The molecule has 0 bridgehead atoms. The molecule has 0 N–H and O–H groups in total. The Bertz CT molecular complexity index is 4040. The van der Waals surface area contributed by atoms with Gasteiger partial charge in [0, 0.05) is 50.1 Å². The Kier molecular flexibility index (Phi) is 11.6. The molecule has 10 aromatic rings. The molecule has 0 saturated carbocycles. The summed E-state index contributed by atoms with van der Waals surface area (Å²) in [6, 6.07) is 85.6. The normalized spacial score (nSPS) is 14.9. The van der Waals surface area contributed by atoms with E-state index in [1.54, 1.807) is 0 Å². The third kappa shape index (κ3) is 7.68. The second-order valence-electron chi connectivity index (χ2n) is 22.9. The maximum Gasteiger partial charge on any atom is 0.0543 e. The van der Waals surface area contributed by atoms with Crippen LogP contribution in [0.1, 0.15) is 81.8 Å². The second kappa shape index (κ2) is 18.6.